The van der Waals surface area contributed by atoms with E-state index < -0.39 is 0 Å². The Labute approximate surface area is 126 Å². The molecule has 0 aromatic carbocycles. The van der Waals surface area contributed by atoms with E-state index in [1.54, 1.807) is 23.7 Å². The van der Waals surface area contributed by atoms with Crippen molar-refractivity contribution in [3.8, 4) is 10.7 Å². The van der Waals surface area contributed by atoms with Gasteiger partial charge in [0.1, 0.15) is 12.0 Å². The average Bonchev–Trinajstić information content (AvgIpc) is 3.22. The molecule has 0 radical (unpaired) electrons. The van der Waals surface area contributed by atoms with Crippen LogP contribution in [-0.2, 0) is 4.74 Å². The van der Waals surface area contributed by atoms with Crippen LogP contribution in [0.15, 0.2) is 16.9 Å². The molecule has 2 aromatic rings. The molecule has 112 valence electrons. The second-order valence-electron chi connectivity index (χ2n) is 5.64. The lowest BCUT2D eigenvalue weighted by molar-refractivity contribution is 0.0777. The first-order chi connectivity index (χ1) is 10.3. The molecule has 0 saturated carbocycles. The van der Waals surface area contributed by atoms with Crippen LogP contribution in [0.4, 0.5) is 5.13 Å². The number of piperazine rings is 1. The summed E-state index contributed by atoms with van der Waals surface area (Å²) >= 11 is 1.56. The van der Waals surface area contributed by atoms with Crippen molar-refractivity contribution in [3.05, 3.63) is 12.3 Å². The predicted molar refractivity (Wildman–Crippen MR) is 78.4 cm³/mol. The zero-order chi connectivity index (χ0) is 14.3. The lowest BCUT2D eigenvalue weighted by Gasteiger charge is -2.46. The van der Waals surface area contributed by atoms with E-state index in [4.69, 9.17) is 9.26 Å². The van der Waals surface area contributed by atoms with Gasteiger partial charge in [0, 0.05) is 32.3 Å². The van der Waals surface area contributed by atoms with Crippen molar-refractivity contribution in [2.45, 2.75) is 12.0 Å². The van der Waals surface area contributed by atoms with Crippen LogP contribution < -0.4 is 4.90 Å². The van der Waals surface area contributed by atoms with E-state index in [1.165, 1.54) is 0 Å². The zero-order valence-electron chi connectivity index (χ0n) is 11.9. The fraction of sp³-hybridized carbons (Fsp3) is 0.615. The number of anilines is 1. The zero-order valence-corrected chi connectivity index (χ0v) is 12.7. The number of hydrogen-bond donors (Lipinski definition) is 0. The fourth-order valence-corrected chi connectivity index (χ4v) is 3.85. The van der Waals surface area contributed by atoms with Crippen LogP contribution in [0, 0.1) is 0 Å². The van der Waals surface area contributed by atoms with E-state index in [2.05, 4.69) is 32.2 Å². The van der Waals surface area contributed by atoms with Crippen LogP contribution >= 0.6 is 11.3 Å². The largest absolute Gasteiger partial charge is 0.379 e. The van der Waals surface area contributed by atoms with Gasteiger partial charge in [-0.25, -0.2) is 0 Å². The van der Waals surface area contributed by atoms with E-state index >= 15 is 0 Å². The molecule has 1 spiro atoms. The van der Waals surface area contributed by atoms with Gasteiger partial charge in [-0.15, -0.1) is 10.2 Å². The van der Waals surface area contributed by atoms with Gasteiger partial charge in [0.15, 0.2) is 5.01 Å². The summed E-state index contributed by atoms with van der Waals surface area (Å²) < 4.78 is 10.5. The van der Waals surface area contributed by atoms with Gasteiger partial charge in [0.05, 0.1) is 12.1 Å². The maximum Gasteiger partial charge on any atom is 0.208 e. The van der Waals surface area contributed by atoms with Crippen molar-refractivity contribution in [2.75, 3.05) is 44.8 Å². The maximum absolute atomic E-state index is 5.63. The quantitative estimate of drug-likeness (QED) is 0.823. The monoisotopic (exact) mass is 307 g/mol. The van der Waals surface area contributed by atoms with Crippen LogP contribution in [0.2, 0.25) is 0 Å². The van der Waals surface area contributed by atoms with Gasteiger partial charge in [0.25, 0.3) is 0 Å². The highest BCUT2D eigenvalue weighted by molar-refractivity contribution is 7.18. The molecule has 2 aliphatic heterocycles. The summed E-state index contributed by atoms with van der Waals surface area (Å²) in [4.78, 5) is 4.74. The molecule has 0 amide bonds. The van der Waals surface area contributed by atoms with Crippen LogP contribution in [-0.4, -0.2) is 65.7 Å². The highest BCUT2D eigenvalue weighted by atomic mass is 32.1. The number of ether oxygens (including phenoxy) is 1. The number of aromatic nitrogens is 3. The van der Waals surface area contributed by atoms with Crippen LogP contribution in [0.25, 0.3) is 10.7 Å². The summed E-state index contributed by atoms with van der Waals surface area (Å²) in [5.74, 6) is 0. The molecule has 7 nitrogen and oxygen atoms in total. The van der Waals surface area contributed by atoms with E-state index in [0.717, 1.165) is 55.1 Å². The minimum absolute atomic E-state index is 0.123. The molecule has 0 N–H and O–H groups in total. The van der Waals surface area contributed by atoms with Crippen molar-refractivity contribution in [1.82, 2.24) is 20.3 Å². The second kappa shape index (κ2) is 5.04. The summed E-state index contributed by atoms with van der Waals surface area (Å²) in [7, 11) is 2.19. The highest BCUT2D eigenvalue weighted by Gasteiger charge is 2.43. The first-order valence-corrected chi connectivity index (χ1v) is 7.87. The van der Waals surface area contributed by atoms with Crippen LogP contribution in [0.5, 0.6) is 0 Å². The molecule has 4 rings (SSSR count). The minimum atomic E-state index is 0.123. The molecule has 0 bridgehead atoms. The molecule has 1 unspecified atom stereocenters. The summed E-state index contributed by atoms with van der Waals surface area (Å²) in [6.07, 6.45) is 2.63. The molecule has 1 atom stereocenters. The topological polar surface area (TPSA) is 67.5 Å². The molecule has 0 aliphatic carbocycles. The number of likely N-dealkylation sites (N-methyl/N-ethyl adjacent to an activating group) is 1. The lowest BCUT2D eigenvalue weighted by atomic mass is 9.94. The summed E-state index contributed by atoms with van der Waals surface area (Å²) in [5.41, 5.74) is 0.865. The Balaban J connectivity index is 1.56. The molecule has 2 aromatic heterocycles. The number of hydrogen-bond acceptors (Lipinski definition) is 8. The third-order valence-electron chi connectivity index (χ3n) is 4.42. The van der Waals surface area contributed by atoms with Gasteiger partial charge in [-0.05, 0) is 13.5 Å². The molecule has 4 heterocycles. The first-order valence-electron chi connectivity index (χ1n) is 7.05. The Bertz CT molecular complexity index is 608. The van der Waals surface area contributed by atoms with Gasteiger partial charge in [-0.3, -0.25) is 4.90 Å². The SMILES string of the molecule is CN1CCN(c2nnc(-c3ccon3)s2)CC12CCOC2. The molecule has 21 heavy (non-hydrogen) atoms. The summed E-state index contributed by atoms with van der Waals surface area (Å²) in [5, 5.41) is 14.2. The van der Waals surface area contributed by atoms with Crippen LogP contribution in [0.3, 0.4) is 0 Å². The van der Waals surface area contributed by atoms with Gasteiger partial charge in [0.2, 0.25) is 5.13 Å². The summed E-state index contributed by atoms with van der Waals surface area (Å²) in [6, 6.07) is 1.81. The minimum Gasteiger partial charge on any atom is -0.379 e. The molecular formula is C13H17N5O2S. The van der Waals surface area contributed by atoms with Crippen molar-refractivity contribution in [1.29, 1.82) is 0 Å². The van der Waals surface area contributed by atoms with Crippen molar-refractivity contribution in [2.24, 2.45) is 0 Å². The third-order valence-corrected chi connectivity index (χ3v) is 5.43. The Morgan fingerprint density at radius 2 is 2.29 bits per heavy atom. The predicted octanol–water partition coefficient (Wildman–Crippen LogP) is 1.10. The van der Waals surface area contributed by atoms with E-state index in [1.807, 2.05) is 0 Å². The molecule has 8 heteroatoms. The molecule has 2 fully saturated rings. The van der Waals surface area contributed by atoms with Gasteiger partial charge in [-0.2, -0.15) is 0 Å². The molecule has 2 saturated heterocycles. The fourth-order valence-electron chi connectivity index (χ4n) is 3.02. The Morgan fingerprint density at radius 1 is 1.33 bits per heavy atom. The molecule has 2 aliphatic rings. The standard InChI is InChI=1S/C13H17N5O2S/c1-17-4-5-18(8-13(17)3-7-19-9-13)12-15-14-11(21-12)10-2-6-20-16-10/h2,6H,3-5,7-9H2,1H3. The van der Waals surface area contributed by atoms with E-state index in [0.29, 0.717) is 0 Å². The van der Waals surface area contributed by atoms with Crippen molar-refractivity contribution < 1.29 is 9.26 Å². The lowest BCUT2D eigenvalue weighted by Crippen LogP contribution is -2.61. The Kier molecular flexibility index (Phi) is 3.16. The maximum atomic E-state index is 5.63. The Morgan fingerprint density at radius 3 is 3.05 bits per heavy atom. The highest BCUT2D eigenvalue weighted by Crippen LogP contribution is 2.34. The first kappa shape index (κ1) is 13.2. The second-order valence-corrected chi connectivity index (χ2v) is 6.60. The smallest absolute Gasteiger partial charge is 0.208 e. The Hall–Kier alpha value is -1.51. The van der Waals surface area contributed by atoms with Crippen LogP contribution in [0.1, 0.15) is 6.42 Å². The van der Waals surface area contributed by atoms with Crippen molar-refractivity contribution >= 4 is 16.5 Å². The number of rotatable bonds is 2. The van der Waals surface area contributed by atoms with Gasteiger partial charge in [-0.1, -0.05) is 16.5 Å². The van der Waals surface area contributed by atoms with E-state index in [9.17, 15) is 0 Å². The van der Waals surface area contributed by atoms with Crippen molar-refractivity contribution in [3.63, 3.8) is 0 Å². The average molecular weight is 307 g/mol. The normalized spacial score (nSPS) is 26.8. The summed E-state index contributed by atoms with van der Waals surface area (Å²) in [6.45, 7) is 4.57. The third kappa shape index (κ3) is 2.23. The number of nitrogens with zero attached hydrogens (tertiary/aromatic N) is 5. The van der Waals surface area contributed by atoms with E-state index in [-0.39, 0.29) is 5.54 Å². The van der Waals surface area contributed by atoms with Gasteiger partial charge < -0.3 is 14.2 Å². The van der Waals surface area contributed by atoms with Gasteiger partial charge >= 0.3 is 0 Å². The molecular weight excluding hydrogens is 290 g/mol.